The van der Waals surface area contributed by atoms with Crippen molar-refractivity contribution in [1.82, 2.24) is 15.1 Å². The molecule has 0 unspecified atom stereocenters. The lowest BCUT2D eigenvalue weighted by molar-refractivity contribution is -0.143. The van der Waals surface area contributed by atoms with E-state index in [1.165, 1.54) is 0 Å². The molecule has 122 valence electrons. The lowest BCUT2D eigenvalue weighted by Crippen LogP contribution is -2.48. The zero-order chi connectivity index (χ0) is 16.0. The van der Waals surface area contributed by atoms with Crippen molar-refractivity contribution in [2.75, 3.05) is 26.2 Å². The molecule has 0 aliphatic carbocycles. The first-order valence-electron chi connectivity index (χ1n) is 7.84. The third-order valence-electron chi connectivity index (χ3n) is 4.10. The van der Waals surface area contributed by atoms with Gasteiger partial charge in [-0.3, -0.25) is 9.69 Å². The van der Waals surface area contributed by atoms with E-state index in [1.807, 2.05) is 0 Å². The molecule has 1 fully saturated rings. The summed E-state index contributed by atoms with van der Waals surface area (Å²) in [7, 11) is 0. The molecule has 6 heteroatoms. The Kier molecular flexibility index (Phi) is 6.95. The van der Waals surface area contributed by atoms with Crippen LogP contribution < -0.4 is 5.32 Å². The minimum atomic E-state index is -0.750. The molecule has 21 heavy (non-hydrogen) atoms. The number of hydrogen-bond acceptors (Lipinski definition) is 3. The number of carbonyl (C=O) groups excluding carboxylic acids is 1. The first kappa shape index (κ1) is 17.8. The van der Waals surface area contributed by atoms with Crippen LogP contribution >= 0.6 is 0 Å². The van der Waals surface area contributed by atoms with E-state index in [1.54, 1.807) is 4.90 Å². The molecule has 0 spiro atoms. The highest BCUT2D eigenvalue weighted by Gasteiger charge is 2.26. The van der Waals surface area contributed by atoms with Gasteiger partial charge in [-0.1, -0.05) is 0 Å². The van der Waals surface area contributed by atoms with E-state index in [-0.39, 0.29) is 11.9 Å². The highest BCUT2D eigenvalue weighted by atomic mass is 16.4. The fourth-order valence-electron chi connectivity index (χ4n) is 2.85. The molecule has 0 aromatic heterocycles. The summed E-state index contributed by atoms with van der Waals surface area (Å²) in [5.74, 6) is -1.05. The molecular formula is C15H29N3O3. The Balaban J connectivity index is 2.30. The van der Waals surface area contributed by atoms with E-state index < -0.39 is 5.97 Å². The Bertz CT molecular complexity index is 342. The Labute approximate surface area is 127 Å². The van der Waals surface area contributed by atoms with Gasteiger partial charge in [-0.2, -0.15) is 0 Å². The summed E-state index contributed by atoms with van der Waals surface area (Å²) in [5.41, 5.74) is 0. The summed E-state index contributed by atoms with van der Waals surface area (Å²) >= 11 is 0. The van der Waals surface area contributed by atoms with E-state index in [0.717, 1.165) is 6.54 Å². The van der Waals surface area contributed by atoms with Crippen LogP contribution in [-0.4, -0.2) is 65.2 Å². The second-order valence-electron chi connectivity index (χ2n) is 6.26. The monoisotopic (exact) mass is 299 g/mol. The number of hydrogen-bond donors (Lipinski definition) is 2. The number of carboxylic acids is 1. The van der Waals surface area contributed by atoms with E-state index in [0.29, 0.717) is 44.6 Å². The second kappa shape index (κ2) is 8.22. The van der Waals surface area contributed by atoms with Gasteiger partial charge in [0.25, 0.3) is 0 Å². The second-order valence-corrected chi connectivity index (χ2v) is 6.26. The fraction of sp³-hybridized carbons (Fsp3) is 0.867. The third-order valence-corrected chi connectivity index (χ3v) is 4.10. The smallest absolute Gasteiger partial charge is 0.317 e. The summed E-state index contributed by atoms with van der Waals surface area (Å²) in [6.07, 6.45) is 1.10. The molecule has 0 aromatic carbocycles. The molecule has 1 aliphatic heterocycles. The van der Waals surface area contributed by atoms with E-state index >= 15 is 0 Å². The third kappa shape index (κ3) is 5.53. The normalized spacial score (nSPS) is 16.8. The van der Waals surface area contributed by atoms with E-state index in [2.05, 4.69) is 37.9 Å². The van der Waals surface area contributed by atoms with Gasteiger partial charge in [0.2, 0.25) is 0 Å². The van der Waals surface area contributed by atoms with Crippen LogP contribution in [0.25, 0.3) is 0 Å². The molecule has 6 nitrogen and oxygen atoms in total. The maximum atomic E-state index is 12.0. The van der Waals surface area contributed by atoms with Crippen molar-refractivity contribution in [3.63, 3.8) is 0 Å². The fourth-order valence-corrected chi connectivity index (χ4v) is 2.85. The average molecular weight is 299 g/mol. The average Bonchev–Trinajstić information content (AvgIpc) is 2.42. The highest BCUT2D eigenvalue weighted by molar-refractivity contribution is 5.75. The van der Waals surface area contributed by atoms with Gasteiger partial charge in [0.15, 0.2) is 0 Å². The van der Waals surface area contributed by atoms with Gasteiger partial charge in [0.05, 0.1) is 5.92 Å². The number of urea groups is 1. The first-order valence-corrected chi connectivity index (χ1v) is 7.84. The van der Waals surface area contributed by atoms with Gasteiger partial charge >= 0.3 is 12.0 Å². The van der Waals surface area contributed by atoms with Crippen molar-refractivity contribution in [2.24, 2.45) is 5.92 Å². The van der Waals surface area contributed by atoms with Gasteiger partial charge in [0.1, 0.15) is 0 Å². The molecular weight excluding hydrogens is 270 g/mol. The van der Waals surface area contributed by atoms with Gasteiger partial charge in [-0.25, -0.2) is 4.79 Å². The molecule has 0 saturated carbocycles. The minimum absolute atomic E-state index is 0.0775. The van der Waals surface area contributed by atoms with Crippen LogP contribution in [-0.2, 0) is 4.79 Å². The minimum Gasteiger partial charge on any atom is -0.481 e. The SMILES string of the molecule is CC(C)N(CCNC(=O)N1CCC(C(=O)O)CC1)C(C)C. The van der Waals surface area contributed by atoms with Gasteiger partial charge in [-0.05, 0) is 40.5 Å². The molecule has 2 N–H and O–H groups in total. The number of piperidine rings is 1. The number of nitrogens with one attached hydrogen (secondary N) is 1. The quantitative estimate of drug-likeness (QED) is 0.781. The predicted octanol–water partition coefficient (Wildman–Crippen LogP) is 1.61. The van der Waals surface area contributed by atoms with Crippen molar-refractivity contribution < 1.29 is 14.7 Å². The summed E-state index contributed by atoms with van der Waals surface area (Å²) in [6, 6.07) is 0.827. The van der Waals surface area contributed by atoms with Gasteiger partial charge in [-0.15, -0.1) is 0 Å². The lowest BCUT2D eigenvalue weighted by atomic mass is 9.97. The van der Waals surface area contributed by atoms with E-state index in [9.17, 15) is 9.59 Å². The van der Waals surface area contributed by atoms with Crippen LogP contribution in [0, 0.1) is 5.92 Å². The zero-order valence-electron chi connectivity index (χ0n) is 13.6. The first-order chi connectivity index (χ1) is 9.82. The standard InChI is InChI=1S/C15H29N3O3/c1-11(2)18(12(3)4)10-7-16-15(21)17-8-5-13(6-9-17)14(19)20/h11-13H,5-10H2,1-4H3,(H,16,21)(H,19,20). The maximum Gasteiger partial charge on any atom is 0.317 e. The topological polar surface area (TPSA) is 72.9 Å². The Morgan fingerprint density at radius 2 is 1.71 bits per heavy atom. The van der Waals surface area contributed by atoms with Gasteiger partial charge < -0.3 is 15.3 Å². The number of amides is 2. The van der Waals surface area contributed by atoms with Crippen LogP contribution in [0.5, 0.6) is 0 Å². The maximum absolute atomic E-state index is 12.0. The molecule has 2 amide bonds. The Morgan fingerprint density at radius 3 is 2.14 bits per heavy atom. The summed E-state index contributed by atoms with van der Waals surface area (Å²) in [5, 5.41) is 11.9. The molecule has 0 bridgehead atoms. The number of carboxylic acid groups (broad SMARTS) is 1. The lowest BCUT2D eigenvalue weighted by Gasteiger charge is -2.32. The number of rotatable bonds is 6. The summed E-state index contributed by atoms with van der Waals surface area (Å²) in [4.78, 5) is 27.0. The van der Waals surface area contributed by atoms with Crippen molar-refractivity contribution in [2.45, 2.75) is 52.6 Å². The van der Waals surface area contributed by atoms with Gasteiger partial charge in [0, 0.05) is 38.3 Å². The molecule has 0 radical (unpaired) electrons. The Hall–Kier alpha value is -1.30. The Morgan fingerprint density at radius 1 is 1.19 bits per heavy atom. The zero-order valence-corrected chi connectivity index (χ0v) is 13.6. The number of aliphatic carboxylic acids is 1. The molecule has 1 rings (SSSR count). The van der Waals surface area contributed by atoms with Crippen molar-refractivity contribution in [3.8, 4) is 0 Å². The van der Waals surface area contributed by atoms with Crippen molar-refractivity contribution >= 4 is 12.0 Å². The van der Waals surface area contributed by atoms with Crippen LogP contribution in [0.3, 0.4) is 0 Å². The van der Waals surface area contributed by atoms with Crippen LogP contribution in [0.15, 0.2) is 0 Å². The molecule has 1 saturated heterocycles. The van der Waals surface area contributed by atoms with Crippen molar-refractivity contribution in [3.05, 3.63) is 0 Å². The number of carbonyl (C=O) groups is 2. The largest absolute Gasteiger partial charge is 0.481 e. The predicted molar refractivity (Wildman–Crippen MR) is 82.3 cm³/mol. The summed E-state index contributed by atoms with van der Waals surface area (Å²) in [6.45, 7) is 11.1. The van der Waals surface area contributed by atoms with Crippen LogP contribution in [0.4, 0.5) is 4.79 Å². The molecule has 1 heterocycles. The van der Waals surface area contributed by atoms with Crippen molar-refractivity contribution in [1.29, 1.82) is 0 Å². The van der Waals surface area contributed by atoms with E-state index in [4.69, 9.17) is 5.11 Å². The number of likely N-dealkylation sites (tertiary alicyclic amines) is 1. The van der Waals surface area contributed by atoms with Crippen LogP contribution in [0.1, 0.15) is 40.5 Å². The molecule has 0 aromatic rings. The molecule has 1 aliphatic rings. The van der Waals surface area contributed by atoms with Crippen LogP contribution in [0.2, 0.25) is 0 Å². The summed E-state index contributed by atoms with van der Waals surface area (Å²) < 4.78 is 0. The highest BCUT2D eigenvalue weighted by Crippen LogP contribution is 2.17. The molecule has 0 atom stereocenters. The number of nitrogens with zero attached hydrogens (tertiary/aromatic N) is 2.